The highest BCUT2D eigenvalue weighted by Gasteiger charge is 2.15. The Balaban J connectivity index is 1.99. The lowest BCUT2D eigenvalue weighted by Crippen LogP contribution is -2.13. The molecule has 0 amide bonds. The summed E-state index contributed by atoms with van der Waals surface area (Å²) < 4.78 is 5.69. The third kappa shape index (κ3) is 2.08. The molecule has 0 aliphatic rings. The number of benzene rings is 2. The Morgan fingerprint density at radius 1 is 1.13 bits per heavy atom. The van der Waals surface area contributed by atoms with Crippen LogP contribution in [0, 0.1) is 0 Å². The van der Waals surface area contributed by atoms with Crippen molar-refractivity contribution in [1.29, 1.82) is 0 Å². The van der Waals surface area contributed by atoms with Crippen molar-refractivity contribution >= 4 is 27.8 Å². The molecule has 0 spiro atoms. The second-order valence-corrected chi connectivity index (χ2v) is 5.07. The highest BCUT2D eigenvalue weighted by Crippen LogP contribution is 2.25. The van der Waals surface area contributed by atoms with Crippen molar-refractivity contribution in [3.8, 4) is 11.6 Å². The Kier molecular flexibility index (Phi) is 2.77. The van der Waals surface area contributed by atoms with Crippen LogP contribution in [0.2, 0.25) is 0 Å². The van der Waals surface area contributed by atoms with Crippen LogP contribution in [-0.2, 0) is 0 Å². The van der Waals surface area contributed by atoms with E-state index in [4.69, 9.17) is 4.42 Å². The quantitative estimate of drug-likeness (QED) is 0.593. The molecule has 0 aliphatic heterocycles. The van der Waals surface area contributed by atoms with E-state index in [1.165, 1.54) is 6.07 Å². The first kappa shape index (κ1) is 13.3. The van der Waals surface area contributed by atoms with Crippen LogP contribution in [0.5, 0.6) is 0 Å². The second kappa shape index (κ2) is 4.81. The molecule has 4 rings (SSSR count). The number of hydrogen-bond donors (Lipinski definition) is 2. The molecular formula is C17H10N2O4. The van der Waals surface area contributed by atoms with Crippen LogP contribution in [-0.4, -0.2) is 21.0 Å². The fraction of sp³-hybridized carbons (Fsp3) is 0. The molecule has 2 aromatic heterocycles. The molecule has 0 saturated carbocycles. The van der Waals surface area contributed by atoms with Gasteiger partial charge in [0.05, 0.1) is 16.5 Å². The maximum atomic E-state index is 12.3. The van der Waals surface area contributed by atoms with Crippen LogP contribution in [0.15, 0.2) is 57.7 Å². The fourth-order valence-electron chi connectivity index (χ4n) is 2.58. The third-order valence-corrected chi connectivity index (χ3v) is 3.62. The third-order valence-electron chi connectivity index (χ3n) is 3.62. The van der Waals surface area contributed by atoms with Gasteiger partial charge >= 0.3 is 5.97 Å². The van der Waals surface area contributed by atoms with Crippen LogP contribution in [0.25, 0.3) is 33.5 Å². The first-order valence-corrected chi connectivity index (χ1v) is 6.89. The number of carboxylic acids is 1. The van der Waals surface area contributed by atoms with Gasteiger partial charge in [0.1, 0.15) is 5.58 Å². The minimum atomic E-state index is -1.17. The molecule has 0 fully saturated rings. The summed E-state index contributed by atoms with van der Waals surface area (Å²) in [5.74, 6) is -0.480. The average molecular weight is 306 g/mol. The molecule has 0 saturated heterocycles. The molecule has 2 N–H and O–H groups in total. The molecule has 112 valence electrons. The van der Waals surface area contributed by atoms with E-state index in [0.717, 1.165) is 5.39 Å². The minimum absolute atomic E-state index is 0.0554. The van der Waals surface area contributed by atoms with E-state index in [0.29, 0.717) is 16.9 Å². The number of para-hydroxylation sites is 1. The van der Waals surface area contributed by atoms with Gasteiger partial charge in [-0.25, -0.2) is 9.78 Å². The lowest BCUT2D eigenvalue weighted by atomic mass is 10.1. The topological polar surface area (TPSA) is 96.2 Å². The van der Waals surface area contributed by atoms with Crippen molar-refractivity contribution in [1.82, 2.24) is 9.97 Å². The van der Waals surface area contributed by atoms with Gasteiger partial charge in [-0.1, -0.05) is 24.3 Å². The zero-order valence-electron chi connectivity index (χ0n) is 11.7. The number of carboxylic acid groups (broad SMARTS) is 1. The molecule has 6 heteroatoms. The first-order chi connectivity index (χ1) is 11.1. The number of fused-ring (bicyclic) bond motifs is 2. The summed E-state index contributed by atoms with van der Waals surface area (Å²) in [7, 11) is 0. The van der Waals surface area contributed by atoms with Gasteiger partial charge in [0, 0.05) is 5.39 Å². The number of H-pyrrole nitrogens is 1. The van der Waals surface area contributed by atoms with Gasteiger partial charge in [0.15, 0.2) is 11.6 Å². The molecule has 2 aromatic carbocycles. The van der Waals surface area contributed by atoms with Gasteiger partial charge in [-0.2, -0.15) is 0 Å². The summed E-state index contributed by atoms with van der Waals surface area (Å²) in [4.78, 5) is 30.5. The number of hydrogen-bond acceptors (Lipinski definition) is 4. The second-order valence-electron chi connectivity index (χ2n) is 5.07. The van der Waals surface area contributed by atoms with E-state index >= 15 is 0 Å². The molecule has 0 radical (unpaired) electrons. The van der Waals surface area contributed by atoms with Crippen molar-refractivity contribution in [3.63, 3.8) is 0 Å². The lowest BCUT2D eigenvalue weighted by molar-refractivity contribution is 0.0699. The zero-order valence-corrected chi connectivity index (χ0v) is 11.7. The van der Waals surface area contributed by atoms with Gasteiger partial charge in [-0.05, 0) is 24.3 Å². The Labute approximate surface area is 129 Å². The summed E-state index contributed by atoms with van der Waals surface area (Å²) in [6, 6.07) is 13.8. The number of aromatic amines is 1. The zero-order chi connectivity index (χ0) is 16.0. The summed E-state index contributed by atoms with van der Waals surface area (Å²) in [5, 5.41) is 10.1. The maximum Gasteiger partial charge on any atom is 0.336 e. The number of rotatable bonds is 2. The van der Waals surface area contributed by atoms with E-state index in [-0.39, 0.29) is 16.8 Å². The van der Waals surface area contributed by atoms with Crippen LogP contribution >= 0.6 is 0 Å². The predicted octanol–water partition coefficient (Wildman–Crippen LogP) is 3.03. The smallest absolute Gasteiger partial charge is 0.336 e. The molecule has 0 atom stereocenters. The summed E-state index contributed by atoms with van der Waals surface area (Å²) >= 11 is 0. The average Bonchev–Trinajstić information content (AvgIpc) is 2.98. The Hall–Kier alpha value is -3.41. The fourth-order valence-corrected chi connectivity index (χ4v) is 2.58. The highest BCUT2D eigenvalue weighted by atomic mass is 16.4. The van der Waals surface area contributed by atoms with E-state index in [9.17, 15) is 14.7 Å². The van der Waals surface area contributed by atoms with E-state index < -0.39 is 11.5 Å². The minimum Gasteiger partial charge on any atom is -0.478 e. The number of carbonyl (C=O) groups is 1. The SMILES string of the molecule is O=C(O)c1cccc2nc(-c3cc4ccccc4o3)[nH]c(=O)c12. The van der Waals surface area contributed by atoms with E-state index in [1.54, 1.807) is 18.2 Å². The number of furan rings is 1. The molecule has 23 heavy (non-hydrogen) atoms. The summed E-state index contributed by atoms with van der Waals surface area (Å²) in [6.07, 6.45) is 0. The van der Waals surface area contributed by atoms with Crippen molar-refractivity contribution < 1.29 is 14.3 Å². The van der Waals surface area contributed by atoms with E-state index in [2.05, 4.69) is 9.97 Å². The van der Waals surface area contributed by atoms with Gasteiger partial charge in [-0.15, -0.1) is 0 Å². The highest BCUT2D eigenvalue weighted by molar-refractivity contribution is 6.02. The first-order valence-electron chi connectivity index (χ1n) is 6.89. The molecule has 0 unspecified atom stereocenters. The standard InChI is InChI=1S/C17H10N2O4/c20-16-14-10(17(21)22)5-3-6-11(14)18-15(19-16)13-8-9-4-1-2-7-12(9)23-13/h1-8H,(H,21,22)(H,18,19,20). The maximum absolute atomic E-state index is 12.3. The van der Waals surface area contributed by atoms with Crippen molar-refractivity contribution in [2.24, 2.45) is 0 Å². The summed E-state index contributed by atoms with van der Waals surface area (Å²) in [5.41, 5.74) is 0.407. The van der Waals surface area contributed by atoms with Gasteiger partial charge in [0.25, 0.3) is 5.56 Å². The summed E-state index contributed by atoms with van der Waals surface area (Å²) in [6.45, 7) is 0. The number of nitrogens with one attached hydrogen (secondary N) is 1. The lowest BCUT2D eigenvalue weighted by Gasteiger charge is -2.03. The van der Waals surface area contributed by atoms with Crippen molar-refractivity contribution in [3.05, 3.63) is 64.4 Å². The predicted molar refractivity (Wildman–Crippen MR) is 84.5 cm³/mol. The molecular weight excluding hydrogens is 296 g/mol. The monoisotopic (exact) mass is 306 g/mol. The van der Waals surface area contributed by atoms with Gasteiger partial charge < -0.3 is 14.5 Å². The Morgan fingerprint density at radius 3 is 2.74 bits per heavy atom. The number of nitrogens with zero attached hydrogens (tertiary/aromatic N) is 1. The van der Waals surface area contributed by atoms with Crippen molar-refractivity contribution in [2.45, 2.75) is 0 Å². The largest absolute Gasteiger partial charge is 0.478 e. The van der Waals surface area contributed by atoms with Crippen LogP contribution in [0.3, 0.4) is 0 Å². The van der Waals surface area contributed by atoms with Gasteiger partial charge in [-0.3, -0.25) is 4.79 Å². The molecule has 2 heterocycles. The molecule has 0 bridgehead atoms. The van der Waals surface area contributed by atoms with Crippen LogP contribution in [0.1, 0.15) is 10.4 Å². The molecule has 4 aromatic rings. The van der Waals surface area contributed by atoms with Gasteiger partial charge in [0.2, 0.25) is 0 Å². The van der Waals surface area contributed by atoms with Crippen LogP contribution < -0.4 is 5.56 Å². The molecule has 0 aliphatic carbocycles. The number of aromatic nitrogens is 2. The number of aromatic carboxylic acids is 1. The van der Waals surface area contributed by atoms with E-state index in [1.807, 2.05) is 24.3 Å². The van der Waals surface area contributed by atoms with Crippen LogP contribution in [0.4, 0.5) is 0 Å². The molecule has 6 nitrogen and oxygen atoms in total. The Morgan fingerprint density at radius 2 is 1.96 bits per heavy atom. The van der Waals surface area contributed by atoms with Crippen molar-refractivity contribution in [2.75, 3.05) is 0 Å². The normalized spacial score (nSPS) is 11.1. The Bertz CT molecular complexity index is 1090.